The molecule has 4 N–H and O–H groups in total. The Balaban J connectivity index is 1.99. The number of benzene rings is 1. The zero-order chi connectivity index (χ0) is 19.8. The summed E-state index contributed by atoms with van der Waals surface area (Å²) in [5, 5.41) is 21.1. The van der Waals surface area contributed by atoms with Crippen LogP contribution in [0.25, 0.3) is 0 Å². The predicted molar refractivity (Wildman–Crippen MR) is 114 cm³/mol. The van der Waals surface area contributed by atoms with Crippen molar-refractivity contribution in [3.8, 4) is 5.75 Å². The third kappa shape index (κ3) is 6.50. The molecular formula is C20H30N4O2S. The fraction of sp³-hybridized carbons (Fsp3) is 0.550. The number of carbonyl (C=O) groups excluding carboxylic acids is 1. The van der Waals surface area contributed by atoms with E-state index in [-0.39, 0.29) is 11.7 Å². The lowest BCUT2D eigenvalue weighted by Gasteiger charge is -2.30. The van der Waals surface area contributed by atoms with Crippen molar-refractivity contribution in [3.63, 3.8) is 0 Å². The lowest BCUT2D eigenvalue weighted by Crippen LogP contribution is -2.44. The van der Waals surface area contributed by atoms with Crippen LogP contribution in [0.2, 0.25) is 0 Å². The molecule has 1 aromatic carbocycles. The van der Waals surface area contributed by atoms with Crippen molar-refractivity contribution in [1.82, 2.24) is 10.7 Å². The molecule has 0 radical (unpaired) electrons. The Morgan fingerprint density at radius 2 is 2.07 bits per heavy atom. The Labute approximate surface area is 166 Å². The fourth-order valence-electron chi connectivity index (χ4n) is 3.28. The highest BCUT2D eigenvalue weighted by Gasteiger charge is 2.21. The zero-order valence-electron chi connectivity index (χ0n) is 16.3. The van der Waals surface area contributed by atoms with E-state index in [1.54, 1.807) is 25.1 Å². The van der Waals surface area contributed by atoms with Crippen LogP contribution in [0.4, 0.5) is 5.69 Å². The number of anilines is 1. The van der Waals surface area contributed by atoms with Gasteiger partial charge in [-0.3, -0.25) is 10.2 Å². The molecule has 148 valence electrons. The molecule has 1 amide bonds. The van der Waals surface area contributed by atoms with Crippen LogP contribution in [-0.2, 0) is 4.79 Å². The maximum absolute atomic E-state index is 11.8. The van der Waals surface area contributed by atoms with Gasteiger partial charge in [-0.2, -0.15) is 5.10 Å². The number of thiocarbonyl (C=S) groups is 1. The lowest BCUT2D eigenvalue weighted by molar-refractivity contribution is -0.116. The van der Waals surface area contributed by atoms with Gasteiger partial charge in [-0.05, 0) is 62.5 Å². The van der Waals surface area contributed by atoms with Crippen LogP contribution in [0.3, 0.4) is 0 Å². The second-order valence-electron chi connectivity index (χ2n) is 7.18. The van der Waals surface area contributed by atoms with Gasteiger partial charge in [0.25, 0.3) is 0 Å². The summed E-state index contributed by atoms with van der Waals surface area (Å²) in [5.74, 6) is 0.649. The van der Waals surface area contributed by atoms with Crippen molar-refractivity contribution < 1.29 is 9.90 Å². The maximum Gasteiger partial charge on any atom is 0.224 e. The lowest BCUT2D eigenvalue weighted by atomic mass is 9.86. The van der Waals surface area contributed by atoms with Gasteiger partial charge in [-0.1, -0.05) is 26.7 Å². The van der Waals surface area contributed by atoms with Crippen LogP contribution in [0.15, 0.2) is 23.3 Å². The highest BCUT2D eigenvalue weighted by Crippen LogP contribution is 2.24. The van der Waals surface area contributed by atoms with Gasteiger partial charge in [-0.25, -0.2) is 0 Å². The van der Waals surface area contributed by atoms with E-state index in [0.717, 1.165) is 12.8 Å². The van der Waals surface area contributed by atoms with Crippen molar-refractivity contribution >= 4 is 34.6 Å². The molecule has 27 heavy (non-hydrogen) atoms. The summed E-state index contributed by atoms with van der Waals surface area (Å²) in [7, 11) is 0. The first kappa shape index (κ1) is 21.2. The van der Waals surface area contributed by atoms with Crippen molar-refractivity contribution in [2.45, 2.75) is 65.3 Å². The summed E-state index contributed by atoms with van der Waals surface area (Å²) in [6.45, 7) is 5.98. The molecule has 2 atom stereocenters. The van der Waals surface area contributed by atoms with Crippen molar-refractivity contribution in [3.05, 3.63) is 23.8 Å². The molecular weight excluding hydrogens is 360 g/mol. The van der Waals surface area contributed by atoms with E-state index in [2.05, 4.69) is 28.1 Å². The van der Waals surface area contributed by atoms with Crippen molar-refractivity contribution in [2.24, 2.45) is 11.0 Å². The molecule has 0 aromatic heterocycles. The smallest absolute Gasteiger partial charge is 0.224 e. The van der Waals surface area contributed by atoms with Crippen LogP contribution < -0.4 is 16.1 Å². The van der Waals surface area contributed by atoms with E-state index >= 15 is 0 Å². The molecule has 0 unspecified atom stereocenters. The summed E-state index contributed by atoms with van der Waals surface area (Å²) in [6.07, 6.45) is 6.08. The van der Waals surface area contributed by atoms with Gasteiger partial charge in [0.1, 0.15) is 5.75 Å². The third-order valence-electron chi connectivity index (χ3n) is 4.90. The van der Waals surface area contributed by atoms with Crippen LogP contribution in [0, 0.1) is 5.92 Å². The summed E-state index contributed by atoms with van der Waals surface area (Å²) in [6, 6.07) is 5.31. The first-order valence-corrected chi connectivity index (χ1v) is 10.1. The number of phenolic OH excluding ortho intramolecular Hbond substituents is 1. The minimum absolute atomic E-state index is 0.0474. The Morgan fingerprint density at radius 3 is 2.78 bits per heavy atom. The Morgan fingerprint density at radius 1 is 1.33 bits per heavy atom. The highest BCUT2D eigenvalue weighted by atomic mass is 32.1. The average Bonchev–Trinajstić information content (AvgIpc) is 2.63. The first-order chi connectivity index (χ1) is 12.9. The second kappa shape index (κ2) is 10.3. The van der Waals surface area contributed by atoms with Crippen LogP contribution in [-0.4, -0.2) is 27.9 Å². The van der Waals surface area contributed by atoms with Crippen molar-refractivity contribution in [1.29, 1.82) is 0 Å². The zero-order valence-corrected chi connectivity index (χ0v) is 17.2. The number of nitrogens with one attached hydrogen (secondary N) is 3. The van der Waals surface area contributed by atoms with Gasteiger partial charge in [0.05, 0.1) is 5.71 Å². The van der Waals surface area contributed by atoms with Gasteiger partial charge >= 0.3 is 0 Å². The average molecular weight is 391 g/mol. The van der Waals surface area contributed by atoms with E-state index in [0.29, 0.717) is 40.5 Å². The van der Waals surface area contributed by atoms with E-state index in [1.165, 1.54) is 19.3 Å². The molecule has 0 saturated heterocycles. The number of amides is 1. The van der Waals surface area contributed by atoms with Gasteiger partial charge in [0.15, 0.2) is 5.11 Å². The van der Waals surface area contributed by atoms with Crippen molar-refractivity contribution in [2.75, 3.05) is 5.32 Å². The molecule has 1 aliphatic carbocycles. The number of hydrazone groups is 1. The SMILES string of the molecule is CCCC(=O)Nc1ccc(O)c(/C(C)=N/NC(=S)N[C@H]2CCCC[C@H]2C)c1. The Kier molecular flexibility index (Phi) is 8.03. The fourth-order valence-corrected chi connectivity index (χ4v) is 3.48. The first-order valence-electron chi connectivity index (χ1n) is 9.64. The molecule has 7 heteroatoms. The molecule has 0 bridgehead atoms. The monoisotopic (exact) mass is 390 g/mol. The van der Waals surface area contributed by atoms with Gasteiger partial charge < -0.3 is 15.7 Å². The molecule has 0 heterocycles. The summed E-state index contributed by atoms with van der Waals surface area (Å²) >= 11 is 5.35. The van der Waals surface area contributed by atoms with Gasteiger partial charge in [0, 0.05) is 23.7 Å². The van der Waals surface area contributed by atoms with Crippen LogP contribution in [0.5, 0.6) is 5.75 Å². The largest absolute Gasteiger partial charge is 0.507 e. The number of hydrogen-bond donors (Lipinski definition) is 4. The van der Waals surface area contributed by atoms with E-state index in [4.69, 9.17) is 12.2 Å². The number of nitrogens with zero attached hydrogens (tertiary/aromatic N) is 1. The predicted octanol–water partition coefficient (Wildman–Crippen LogP) is 3.90. The number of rotatable bonds is 6. The minimum Gasteiger partial charge on any atom is -0.507 e. The minimum atomic E-state index is -0.0474. The van der Waals surface area contributed by atoms with Crippen LogP contribution in [0.1, 0.15) is 64.9 Å². The number of hydrogen-bond acceptors (Lipinski definition) is 4. The summed E-state index contributed by atoms with van der Waals surface area (Å²) in [5.41, 5.74) is 4.63. The molecule has 1 fully saturated rings. The Hall–Kier alpha value is -2.15. The molecule has 0 aliphatic heterocycles. The molecule has 1 aliphatic rings. The molecule has 2 rings (SSSR count). The standard InChI is InChI=1S/C20H30N4O2S/c1-4-7-19(26)21-15-10-11-18(25)16(12-15)14(3)23-24-20(27)22-17-9-6-5-8-13(17)2/h10-13,17,25H,4-9H2,1-3H3,(H,21,26)(H2,22,24,27)/b23-14+/t13-,17+/m1/s1. The summed E-state index contributed by atoms with van der Waals surface area (Å²) < 4.78 is 0. The number of aromatic hydroxyl groups is 1. The van der Waals surface area contributed by atoms with E-state index in [1.807, 2.05) is 6.92 Å². The Bertz CT molecular complexity index is 705. The maximum atomic E-state index is 11.8. The number of phenols is 1. The third-order valence-corrected chi connectivity index (χ3v) is 5.11. The number of carbonyl (C=O) groups is 1. The van der Waals surface area contributed by atoms with Gasteiger partial charge in [0.2, 0.25) is 5.91 Å². The quantitative estimate of drug-likeness (QED) is 0.256. The molecule has 1 aromatic rings. The molecule has 6 nitrogen and oxygen atoms in total. The van der Waals surface area contributed by atoms with E-state index < -0.39 is 0 Å². The van der Waals surface area contributed by atoms with E-state index in [9.17, 15) is 9.90 Å². The summed E-state index contributed by atoms with van der Waals surface area (Å²) in [4.78, 5) is 11.8. The van der Waals surface area contributed by atoms with Gasteiger partial charge in [-0.15, -0.1) is 0 Å². The molecule has 0 spiro atoms. The van der Waals surface area contributed by atoms with Crippen LogP contribution >= 0.6 is 12.2 Å². The normalized spacial score (nSPS) is 20.0. The second-order valence-corrected chi connectivity index (χ2v) is 7.59. The topological polar surface area (TPSA) is 85.8 Å². The molecule has 1 saturated carbocycles. The highest BCUT2D eigenvalue weighted by molar-refractivity contribution is 7.80.